The Morgan fingerprint density at radius 3 is 2.22 bits per heavy atom. The van der Waals surface area contributed by atoms with E-state index >= 15 is 0 Å². The van der Waals surface area contributed by atoms with Crippen LogP contribution in [0, 0.1) is 5.41 Å². The van der Waals surface area contributed by atoms with Crippen molar-refractivity contribution in [1.29, 1.82) is 5.41 Å². The smallest absolute Gasteiger partial charge is 0.327 e. The monoisotopic (exact) mass is 483 g/mol. The fourth-order valence-corrected chi connectivity index (χ4v) is 5.30. The molecule has 0 aliphatic carbocycles. The molecule has 32 heavy (non-hydrogen) atoms. The first-order valence-corrected chi connectivity index (χ1v) is 12.0. The topological polar surface area (TPSA) is 132 Å². The predicted octanol–water partition coefficient (Wildman–Crippen LogP) is 2.68. The molecule has 176 valence electrons. The van der Waals surface area contributed by atoms with Crippen molar-refractivity contribution in [3.63, 3.8) is 0 Å². The summed E-state index contributed by atoms with van der Waals surface area (Å²) in [5.74, 6) is -0.824. The van der Waals surface area contributed by atoms with E-state index in [1.165, 1.54) is 37.8 Å². The highest BCUT2D eigenvalue weighted by Crippen LogP contribution is 2.36. The van der Waals surface area contributed by atoms with E-state index in [0.717, 1.165) is 24.0 Å². The third-order valence-corrected chi connectivity index (χ3v) is 8.41. The molecule has 0 aliphatic heterocycles. The maximum atomic E-state index is 13.4. The summed E-state index contributed by atoms with van der Waals surface area (Å²) < 4.78 is 36.3. The lowest BCUT2D eigenvalue weighted by atomic mass is 10.1. The average Bonchev–Trinajstić information content (AvgIpc) is 3.08. The van der Waals surface area contributed by atoms with Crippen LogP contribution in [0.2, 0.25) is 0 Å². The number of hydrogen-bond acceptors (Lipinski definition) is 9. The molecular formula is C21H29N3O6S2. The highest BCUT2D eigenvalue weighted by molar-refractivity contribution is 7.93. The first-order valence-electron chi connectivity index (χ1n) is 9.66. The SMILES string of the molecule is COC(=O)C(C)(C)S(=O)(=O)c1cc(C(=C(C)C)n2nc(C(C)(C)O)sc2=N)ccc1OC. The summed E-state index contributed by atoms with van der Waals surface area (Å²) in [5.41, 5.74) is 0.460. The van der Waals surface area contributed by atoms with Gasteiger partial charge in [-0.2, -0.15) is 5.10 Å². The molecule has 9 nitrogen and oxygen atoms in total. The predicted molar refractivity (Wildman–Crippen MR) is 121 cm³/mol. The zero-order chi connectivity index (χ0) is 24.6. The van der Waals surface area contributed by atoms with Crippen LogP contribution in [0.15, 0.2) is 28.7 Å². The minimum absolute atomic E-state index is 0.0634. The number of benzene rings is 1. The van der Waals surface area contributed by atoms with Crippen LogP contribution in [-0.4, -0.2) is 48.2 Å². The highest BCUT2D eigenvalue weighted by Gasteiger charge is 2.45. The van der Waals surface area contributed by atoms with Crippen LogP contribution in [0.1, 0.15) is 52.1 Å². The average molecular weight is 484 g/mol. The van der Waals surface area contributed by atoms with Gasteiger partial charge < -0.3 is 14.6 Å². The molecule has 0 bridgehead atoms. The maximum Gasteiger partial charge on any atom is 0.327 e. The van der Waals surface area contributed by atoms with E-state index < -0.39 is 26.2 Å². The standard InChI is InChI=1S/C21H29N3O6S2/c1-12(2)16(24-19(22)31-17(23-24)20(3,4)26)13-9-10-14(29-7)15(11-13)32(27,28)21(5,6)18(25)30-8/h9-11,22,26H,1-8H3. The molecule has 2 rings (SSSR count). The third-order valence-electron chi connectivity index (χ3n) is 4.86. The minimum Gasteiger partial charge on any atom is -0.495 e. The number of hydrogen-bond donors (Lipinski definition) is 2. The summed E-state index contributed by atoms with van der Waals surface area (Å²) in [6, 6.07) is 4.55. The van der Waals surface area contributed by atoms with Gasteiger partial charge in [0.15, 0.2) is 14.6 Å². The summed E-state index contributed by atoms with van der Waals surface area (Å²) >= 11 is 1.02. The molecule has 1 aromatic heterocycles. The van der Waals surface area contributed by atoms with Crippen molar-refractivity contribution in [2.45, 2.75) is 56.8 Å². The van der Waals surface area contributed by atoms with Crippen molar-refractivity contribution in [2.24, 2.45) is 0 Å². The normalized spacial score (nSPS) is 12.4. The summed E-state index contributed by atoms with van der Waals surface area (Å²) in [4.78, 5) is 12.1. The van der Waals surface area contributed by atoms with E-state index in [1.807, 2.05) is 13.8 Å². The van der Waals surface area contributed by atoms with Crippen molar-refractivity contribution in [3.05, 3.63) is 39.1 Å². The molecular weight excluding hydrogens is 454 g/mol. The molecule has 1 aromatic carbocycles. The number of rotatable bonds is 7. The summed E-state index contributed by atoms with van der Waals surface area (Å²) in [7, 11) is -1.75. The van der Waals surface area contributed by atoms with Gasteiger partial charge in [-0.3, -0.25) is 10.2 Å². The number of aliphatic hydroxyl groups is 1. The zero-order valence-electron chi connectivity index (χ0n) is 19.4. The molecule has 0 radical (unpaired) electrons. The Labute approximate surface area is 191 Å². The molecule has 0 fully saturated rings. The van der Waals surface area contributed by atoms with Gasteiger partial charge in [0.05, 0.1) is 19.9 Å². The Morgan fingerprint density at radius 1 is 1.19 bits per heavy atom. The molecule has 0 amide bonds. The fourth-order valence-electron chi connectivity index (χ4n) is 2.98. The van der Waals surface area contributed by atoms with Crippen molar-refractivity contribution >= 4 is 32.8 Å². The quantitative estimate of drug-likeness (QED) is 0.579. The van der Waals surface area contributed by atoms with Crippen LogP contribution in [0.5, 0.6) is 5.75 Å². The Morgan fingerprint density at radius 2 is 1.78 bits per heavy atom. The molecule has 0 aliphatic rings. The largest absolute Gasteiger partial charge is 0.495 e. The number of carbonyl (C=O) groups excluding carboxylic acids is 1. The van der Waals surface area contributed by atoms with Crippen LogP contribution in [0.25, 0.3) is 5.70 Å². The van der Waals surface area contributed by atoms with Gasteiger partial charge in [0, 0.05) is 5.56 Å². The number of ether oxygens (including phenoxy) is 2. The van der Waals surface area contributed by atoms with E-state index in [0.29, 0.717) is 16.3 Å². The number of allylic oxidation sites excluding steroid dienone is 1. The van der Waals surface area contributed by atoms with Crippen LogP contribution in [0.4, 0.5) is 0 Å². The van der Waals surface area contributed by atoms with Gasteiger partial charge in [0.1, 0.15) is 21.3 Å². The second kappa shape index (κ2) is 8.80. The van der Waals surface area contributed by atoms with Gasteiger partial charge in [0.25, 0.3) is 0 Å². The number of esters is 1. The molecule has 1 heterocycles. The minimum atomic E-state index is -4.22. The van der Waals surface area contributed by atoms with Gasteiger partial charge in [-0.1, -0.05) is 11.3 Å². The number of methoxy groups -OCH3 is 2. The summed E-state index contributed by atoms with van der Waals surface area (Å²) in [6.07, 6.45) is 0. The van der Waals surface area contributed by atoms with Crippen molar-refractivity contribution in [2.75, 3.05) is 14.2 Å². The Hall–Kier alpha value is -2.50. The lowest BCUT2D eigenvalue weighted by molar-refractivity contribution is -0.142. The van der Waals surface area contributed by atoms with Crippen LogP contribution < -0.4 is 9.54 Å². The summed E-state index contributed by atoms with van der Waals surface area (Å²) in [5, 5.41) is 23.4. The van der Waals surface area contributed by atoms with E-state index in [-0.39, 0.29) is 15.4 Å². The molecule has 0 atom stereocenters. The molecule has 0 spiro atoms. The van der Waals surface area contributed by atoms with Crippen molar-refractivity contribution < 1.29 is 27.8 Å². The maximum absolute atomic E-state index is 13.4. The molecule has 0 saturated heterocycles. The summed E-state index contributed by atoms with van der Waals surface area (Å²) in [6.45, 7) is 9.31. The Bertz CT molecular complexity index is 1230. The lowest BCUT2D eigenvalue weighted by Crippen LogP contribution is -2.41. The van der Waals surface area contributed by atoms with E-state index in [9.17, 15) is 18.3 Å². The lowest BCUT2D eigenvalue weighted by Gasteiger charge is -2.23. The second-order valence-corrected chi connectivity index (χ2v) is 11.8. The number of carbonyl (C=O) groups is 1. The van der Waals surface area contributed by atoms with Gasteiger partial charge in [-0.25, -0.2) is 13.1 Å². The first kappa shape index (κ1) is 25.8. The fraction of sp³-hybridized carbons (Fsp3) is 0.476. The van der Waals surface area contributed by atoms with E-state index in [2.05, 4.69) is 5.10 Å². The van der Waals surface area contributed by atoms with Gasteiger partial charge in [0.2, 0.25) is 4.80 Å². The van der Waals surface area contributed by atoms with Gasteiger partial charge in [-0.05, 0) is 65.3 Å². The van der Waals surface area contributed by atoms with E-state index in [4.69, 9.17) is 14.9 Å². The third kappa shape index (κ3) is 4.50. The molecule has 0 unspecified atom stereocenters. The molecule has 0 saturated carbocycles. The molecule has 2 N–H and O–H groups in total. The number of nitrogens with zero attached hydrogens (tertiary/aromatic N) is 2. The zero-order valence-corrected chi connectivity index (χ0v) is 21.1. The van der Waals surface area contributed by atoms with Gasteiger partial charge in [-0.15, -0.1) is 0 Å². The van der Waals surface area contributed by atoms with E-state index in [1.54, 1.807) is 19.9 Å². The molecule has 11 heteroatoms. The number of nitrogens with one attached hydrogen (secondary N) is 1. The Balaban J connectivity index is 2.80. The first-order chi connectivity index (χ1) is 14.6. The number of aromatic nitrogens is 2. The highest BCUT2D eigenvalue weighted by atomic mass is 32.2. The molecule has 2 aromatic rings. The van der Waals surface area contributed by atoms with Crippen LogP contribution in [-0.2, 0) is 25.0 Å². The Kier molecular flexibility index (Phi) is 7.08. The van der Waals surface area contributed by atoms with Crippen molar-refractivity contribution in [3.8, 4) is 5.75 Å². The van der Waals surface area contributed by atoms with Crippen LogP contribution >= 0.6 is 11.3 Å². The van der Waals surface area contributed by atoms with Crippen LogP contribution in [0.3, 0.4) is 0 Å². The second-order valence-electron chi connectivity index (χ2n) is 8.40. The number of sulfone groups is 1. The van der Waals surface area contributed by atoms with Gasteiger partial charge >= 0.3 is 5.97 Å². The van der Waals surface area contributed by atoms with Crippen molar-refractivity contribution in [1.82, 2.24) is 9.78 Å².